The molecule has 174 valence electrons. The Morgan fingerprint density at radius 1 is 0.971 bits per heavy atom. The first-order chi connectivity index (χ1) is 17.1. The average Bonchev–Trinajstić information content (AvgIpc) is 3.24. The molecule has 0 bridgehead atoms. The number of nitrogens with one attached hydrogen (secondary N) is 2. The first-order valence-electron chi connectivity index (χ1n) is 11.3. The molecule has 4 N–H and O–H groups in total. The number of nitrogens with two attached hydrogens (primary N) is 1. The van der Waals surface area contributed by atoms with E-state index in [1.165, 1.54) is 0 Å². The lowest BCUT2D eigenvalue weighted by molar-refractivity contribution is 0.0746. The lowest BCUT2D eigenvalue weighted by Crippen LogP contribution is -2.49. The van der Waals surface area contributed by atoms with Crippen molar-refractivity contribution >= 4 is 39.3 Å². The molecule has 1 aliphatic heterocycles. The van der Waals surface area contributed by atoms with Crippen LogP contribution < -0.4 is 16.2 Å². The Hall–Kier alpha value is -4.73. The van der Waals surface area contributed by atoms with Crippen molar-refractivity contribution in [2.45, 2.75) is 0 Å². The van der Waals surface area contributed by atoms with Gasteiger partial charge in [0.05, 0.1) is 28.6 Å². The highest BCUT2D eigenvalue weighted by molar-refractivity contribution is 6.04. The van der Waals surface area contributed by atoms with E-state index in [1.807, 2.05) is 29.2 Å². The van der Waals surface area contributed by atoms with Crippen LogP contribution in [0.1, 0.15) is 10.4 Å². The second-order valence-electron chi connectivity index (χ2n) is 8.45. The zero-order valence-corrected chi connectivity index (χ0v) is 18.7. The van der Waals surface area contributed by atoms with Crippen LogP contribution in [0, 0.1) is 0 Å². The summed E-state index contributed by atoms with van der Waals surface area (Å²) in [5, 5.41) is 0.679. The van der Waals surface area contributed by atoms with E-state index in [4.69, 9.17) is 5.73 Å². The Bertz CT molecular complexity index is 1620. The van der Waals surface area contributed by atoms with Crippen LogP contribution in [0.3, 0.4) is 0 Å². The van der Waals surface area contributed by atoms with Gasteiger partial charge in [-0.15, -0.1) is 0 Å². The minimum atomic E-state index is -0.334. The number of para-hydroxylation sites is 2. The molecule has 1 aliphatic rings. The number of nitrogens with zero attached hydrogens (tertiary/aromatic N) is 5. The molecule has 10 nitrogen and oxygen atoms in total. The van der Waals surface area contributed by atoms with Crippen molar-refractivity contribution in [2.24, 2.45) is 0 Å². The van der Waals surface area contributed by atoms with Crippen LogP contribution in [0.25, 0.3) is 33.3 Å². The zero-order valence-electron chi connectivity index (χ0n) is 18.7. The SMILES string of the molecule is Nc1c(-c2nc3ccccc3[nH]c2=O)[nH]c2ccc(C(=O)N3CCN(c4cnccn4)CC3)cc12. The van der Waals surface area contributed by atoms with E-state index in [9.17, 15) is 9.59 Å². The first kappa shape index (κ1) is 20.8. The van der Waals surface area contributed by atoms with Gasteiger partial charge in [0.2, 0.25) is 0 Å². The smallest absolute Gasteiger partial charge is 0.276 e. The Morgan fingerprint density at radius 2 is 1.80 bits per heavy atom. The molecule has 0 radical (unpaired) electrons. The summed E-state index contributed by atoms with van der Waals surface area (Å²) in [5.74, 6) is 0.750. The van der Waals surface area contributed by atoms with Crippen molar-refractivity contribution in [1.29, 1.82) is 0 Å². The monoisotopic (exact) mass is 466 g/mol. The number of benzene rings is 2. The number of aromatic nitrogens is 5. The van der Waals surface area contributed by atoms with Gasteiger partial charge in [-0.2, -0.15) is 0 Å². The number of fused-ring (bicyclic) bond motifs is 2. The molecule has 35 heavy (non-hydrogen) atoms. The highest BCUT2D eigenvalue weighted by atomic mass is 16.2. The van der Waals surface area contributed by atoms with Gasteiger partial charge in [-0.05, 0) is 30.3 Å². The van der Waals surface area contributed by atoms with E-state index >= 15 is 0 Å². The molecule has 0 saturated carbocycles. The van der Waals surface area contributed by atoms with Crippen LogP contribution >= 0.6 is 0 Å². The number of anilines is 2. The minimum Gasteiger partial charge on any atom is -0.396 e. The van der Waals surface area contributed by atoms with Crippen LogP contribution in [0.5, 0.6) is 0 Å². The van der Waals surface area contributed by atoms with Gasteiger partial charge in [0.25, 0.3) is 11.5 Å². The molecule has 1 fully saturated rings. The number of H-pyrrole nitrogens is 2. The third-order valence-electron chi connectivity index (χ3n) is 6.36. The van der Waals surface area contributed by atoms with Gasteiger partial charge in [0.15, 0.2) is 5.69 Å². The fraction of sp³-hybridized carbons (Fsp3) is 0.160. The standard InChI is InChI=1S/C25H22N8O2/c26-21-16-13-15(25(35)33-11-9-32(10-12-33)20-14-27-7-8-28-20)5-6-17(16)29-22(21)23-24(34)31-19-4-2-1-3-18(19)30-23/h1-8,13-14,29H,9-12,26H2,(H,31,34). The number of carbonyl (C=O) groups is 1. The number of hydrogen-bond donors (Lipinski definition) is 3. The predicted molar refractivity (Wildman–Crippen MR) is 134 cm³/mol. The van der Waals surface area contributed by atoms with Crippen LogP contribution in [0.2, 0.25) is 0 Å². The molecule has 5 aromatic rings. The number of hydrogen-bond acceptors (Lipinski definition) is 7. The molecule has 10 heteroatoms. The Kier molecular flexibility index (Phi) is 4.91. The maximum absolute atomic E-state index is 13.2. The number of piperazine rings is 1. The topological polar surface area (TPSA) is 137 Å². The van der Waals surface area contributed by atoms with Crippen LogP contribution in [0.15, 0.2) is 65.8 Å². The third kappa shape index (κ3) is 3.65. The van der Waals surface area contributed by atoms with Crippen molar-refractivity contribution in [3.63, 3.8) is 0 Å². The summed E-state index contributed by atoms with van der Waals surface area (Å²) in [6.07, 6.45) is 5.04. The summed E-state index contributed by atoms with van der Waals surface area (Å²) in [7, 11) is 0. The summed E-state index contributed by atoms with van der Waals surface area (Å²) < 4.78 is 0. The summed E-state index contributed by atoms with van der Waals surface area (Å²) in [6.45, 7) is 2.52. The van der Waals surface area contributed by atoms with Crippen LogP contribution in [0.4, 0.5) is 11.5 Å². The quantitative estimate of drug-likeness (QED) is 0.371. The lowest BCUT2D eigenvalue weighted by Gasteiger charge is -2.35. The van der Waals surface area contributed by atoms with E-state index < -0.39 is 0 Å². The zero-order chi connectivity index (χ0) is 23.9. The number of rotatable bonds is 3. The molecule has 6 rings (SSSR count). The average molecular weight is 467 g/mol. The number of aromatic amines is 2. The van der Waals surface area contributed by atoms with Gasteiger partial charge in [-0.3, -0.25) is 14.6 Å². The fourth-order valence-corrected chi connectivity index (χ4v) is 4.51. The highest BCUT2D eigenvalue weighted by Gasteiger charge is 2.24. The summed E-state index contributed by atoms with van der Waals surface area (Å²) >= 11 is 0. The van der Waals surface area contributed by atoms with Crippen molar-refractivity contribution in [3.8, 4) is 11.4 Å². The number of nitrogen functional groups attached to an aromatic ring is 1. The molecule has 0 unspecified atom stereocenters. The fourth-order valence-electron chi connectivity index (χ4n) is 4.51. The molecular formula is C25H22N8O2. The van der Waals surface area contributed by atoms with Gasteiger partial charge < -0.3 is 25.5 Å². The maximum Gasteiger partial charge on any atom is 0.276 e. The predicted octanol–water partition coefficient (Wildman–Crippen LogP) is 2.41. The molecule has 1 saturated heterocycles. The molecular weight excluding hydrogens is 444 g/mol. The van der Waals surface area contributed by atoms with Crippen LogP contribution in [-0.4, -0.2) is 61.9 Å². The molecule has 1 amide bonds. The normalized spacial score (nSPS) is 14.1. The van der Waals surface area contributed by atoms with E-state index in [1.54, 1.807) is 36.8 Å². The van der Waals surface area contributed by atoms with E-state index in [0.29, 0.717) is 59.5 Å². The Morgan fingerprint density at radius 3 is 2.60 bits per heavy atom. The van der Waals surface area contributed by atoms with E-state index in [-0.39, 0.29) is 17.2 Å². The number of carbonyl (C=O) groups excluding carboxylic acids is 1. The van der Waals surface area contributed by atoms with Crippen LogP contribution in [-0.2, 0) is 0 Å². The minimum absolute atomic E-state index is 0.0606. The van der Waals surface area contributed by atoms with Crippen molar-refractivity contribution < 1.29 is 4.79 Å². The second-order valence-corrected chi connectivity index (χ2v) is 8.45. The molecule has 0 spiro atoms. The summed E-state index contributed by atoms with van der Waals surface area (Å²) in [4.78, 5) is 48.9. The van der Waals surface area contributed by atoms with Crippen molar-refractivity contribution in [3.05, 3.63) is 77.0 Å². The Labute approximate surface area is 199 Å². The second kappa shape index (κ2) is 8.24. The van der Waals surface area contributed by atoms with E-state index in [2.05, 4.69) is 29.8 Å². The van der Waals surface area contributed by atoms with Gasteiger partial charge in [0, 0.05) is 55.0 Å². The summed E-state index contributed by atoms with van der Waals surface area (Å²) in [6, 6.07) is 12.7. The largest absolute Gasteiger partial charge is 0.396 e. The molecule has 0 atom stereocenters. The van der Waals surface area contributed by atoms with E-state index in [0.717, 1.165) is 11.3 Å². The molecule has 4 heterocycles. The lowest BCUT2D eigenvalue weighted by atomic mass is 10.1. The maximum atomic E-state index is 13.2. The van der Waals surface area contributed by atoms with Crippen molar-refractivity contribution in [2.75, 3.05) is 36.8 Å². The third-order valence-corrected chi connectivity index (χ3v) is 6.36. The molecule has 3 aromatic heterocycles. The van der Waals surface area contributed by atoms with Gasteiger partial charge in [-0.25, -0.2) is 9.97 Å². The van der Waals surface area contributed by atoms with Gasteiger partial charge in [-0.1, -0.05) is 12.1 Å². The molecule has 0 aliphatic carbocycles. The van der Waals surface area contributed by atoms with Gasteiger partial charge in [0.1, 0.15) is 5.82 Å². The molecule has 2 aromatic carbocycles. The van der Waals surface area contributed by atoms with Crippen molar-refractivity contribution in [1.82, 2.24) is 29.8 Å². The Balaban J connectivity index is 1.28. The highest BCUT2D eigenvalue weighted by Crippen LogP contribution is 2.31. The van der Waals surface area contributed by atoms with Gasteiger partial charge >= 0.3 is 0 Å². The summed E-state index contributed by atoms with van der Waals surface area (Å²) in [5.41, 5.74) is 9.74. The number of amides is 1. The first-order valence-corrected chi connectivity index (χ1v) is 11.3.